The van der Waals surface area contributed by atoms with Crippen LogP contribution in [0.5, 0.6) is 0 Å². The summed E-state index contributed by atoms with van der Waals surface area (Å²) in [6, 6.07) is 7.08. The van der Waals surface area contributed by atoms with Gasteiger partial charge in [0.15, 0.2) is 0 Å². The monoisotopic (exact) mass is 412 g/mol. The molecule has 150 valence electrons. The molecule has 1 aliphatic carbocycles. The minimum Gasteiger partial charge on any atom is -0.340 e. The Kier molecular flexibility index (Phi) is 7.17. The first-order valence-corrected chi connectivity index (χ1v) is 11.9. The first kappa shape index (κ1) is 20.6. The standard InChI is InChI=1S/C20H29ClN2O3S/c21-12-4-5-17-8-10-19(11-9-17)27(25,26)23-15-13-22(14-16-23)20(24)18-6-2-1-3-7-18/h8-11,18H,1-7,12-16H2. The van der Waals surface area contributed by atoms with E-state index in [-0.39, 0.29) is 11.8 Å². The van der Waals surface area contributed by atoms with Crippen molar-refractivity contribution in [1.29, 1.82) is 0 Å². The number of alkyl halides is 1. The second kappa shape index (κ2) is 9.39. The van der Waals surface area contributed by atoms with Crippen LogP contribution in [0.15, 0.2) is 29.2 Å². The number of halogens is 1. The van der Waals surface area contributed by atoms with Crippen LogP contribution in [0.4, 0.5) is 0 Å². The van der Waals surface area contributed by atoms with Gasteiger partial charge in [0.2, 0.25) is 15.9 Å². The van der Waals surface area contributed by atoms with E-state index in [2.05, 4.69) is 0 Å². The molecule has 1 aromatic carbocycles. The third-order valence-corrected chi connectivity index (χ3v) is 7.85. The average molecular weight is 413 g/mol. The summed E-state index contributed by atoms with van der Waals surface area (Å²) in [6.07, 6.45) is 7.18. The van der Waals surface area contributed by atoms with Crippen molar-refractivity contribution in [2.45, 2.75) is 49.8 Å². The van der Waals surface area contributed by atoms with Crippen molar-refractivity contribution < 1.29 is 13.2 Å². The lowest BCUT2D eigenvalue weighted by Crippen LogP contribution is -2.52. The van der Waals surface area contributed by atoms with Gasteiger partial charge in [0, 0.05) is 38.0 Å². The van der Waals surface area contributed by atoms with Crippen LogP contribution < -0.4 is 0 Å². The van der Waals surface area contributed by atoms with E-state index < -0.39 is 10.0 Å². The Labute approximate surface area is 167 Å². The summed E-state index contributed by atoms with van der Waals surface area (Å²) in [4.78, 5) is 14.8. The molecule has 0 spiro atoms. The predicted octanol–water partition coefficient (Wildman–Crippen LogP) is 3.27. The molecule has 1 saturated carbocycles. The van der Waals surface area contributed by atoms with Crippen molar-refractivity contribution >= 4 is 27.5 Å². The second-order valence-electron chi connectivity index (χ2n) is 7.50. The van der Waals surface area contributed by atoms with Gasteiger partial charge in [-0.25, -0.2) is 8.42 Å². The molecule has 0 atom stereocenters. The van der Waals surface area contributed by atoms with Crippen LogP contribution in [0.25, 0.3) is 0 Å². The van der Waals surface area contributed by atoms with Gasteiger partial charge in [-0.05, 0) is 43.4 Å². The average Bonchev–Trinajstić information content (AvgIpc) is 2.72. The van der Waals surface area contributed by atoms with Gasteiger partial charge in [-0.15, -0.1) is 11.6 Å². The summed E-state index contributed by atoms with van der Waals surface area (Å²) >= 11 is 5.71. The molecule has 1 heterocycles. The van der Waals surface area contributed by atoms with E-state index in [4.69, 9.17) is 11.6 Å². The SMILES string of the molecule is O=C(C1CCCCC1)N1CCN(S(=O)(=O)c2ccc(CCCCl)cc2)CC1. The molecule has 1 aliphatic heterocycles. The van der Waals surface area contributed by atoms with E-state index in [1.54, 1.807) is 12.1 Å². The van der Waals surface area contributed by atoms with Gasteiger partial charge >= 0.3 is 0 Å². The van der Waals surface area contributed by atoms with Crippen LogP contribution in [0.1, 0.15) is 44.1 Å². The number of sulfonamides is 1. The highest BCUT2D eigenvalue weighted by Crippen LogP contribution is 2.26. The molecule has 0 unspecified atom stereocenters. The molecule has 0 N–H and O–H groups in total. The second-order valence-corrected chi connectivity index (χ2v) is 9.82. The van der Waals surface area contributed by atoms with Crippen LogP contribution in [0.3, 0.4) is 0 Å². The van der Waals surface area contributed by atoms with Gasteiger partial charge in [0.1, 0.15) is 0 Å². The first-order chi connectivity index (χ1) is 13.0. The minimum atomic E-state index is -3.50. The summed E-state index contributed by atoms with van der Waals surface area (Å²) in [5, 5.41) is 0. The molecule has 3 rings (SSSR count). The Bertz CT molecular complexity index is 722. The van der Waals surface area contributed by atoms with Gasteiger partial charge in [-0.2, -0.15) is 4.31 Å². The van der Waals surface area contributed by atoms with Gasteiger partial charge in [-0.3, -0.25) is 4.79 Å². The van der Waals surface area contributed by atoms with Crippen molar-refractivity contribution in [2.24, 2.45) is 5.92 Å². The third-order valence-electron chi connectivity index (χ3n) is 5.66. The highest BCUT2D eigenvalue weighted by atomic mass is 35.5. The molecular weight excluding hydrogens is 384 g/mol. The summed E-state index contributed by atoms with van der Waals surface area (Å²) in [6.45, 7) is 1.72. The fraction of sp³-hybridized carbons (Fsp3) is 0.650. The van der Waals surface area contributed by atoms with E-state index in [0.29, 0.717) is 37.0 Å². The fourth-order valence-corrected chi connectivity index (χ4v) is 5.56. The number of benzene rings is 1. The largest absolute Gasteiger partial charge is 0.340 e. The maximum atomic E-state index is 12.9. The van der Waals surface area contributed by atoms with Crippen LogP contribution in [-0.2, 0) is 21.2 Å². The highest BCUT2D eigenvalue weighted by Gasteiger charge is 2.32. The topological polar surface area (TPSA) is 57.7 Å². The van der Waals surface area contributed by atoms with Crippen LogP contribution in [0, 0.1) is 5.92 Å². The lowest BCUT2D eigenvalue weighted by Gasteiger charge is -2.36. The molecule has 2 aliphatic rings. The van der Waals surface area contributed by atoms with Gasteiger partial charge in [0.05, 0.1) is 4.90 Å². The molecule has 1 aromatic rings. The van der Waals surface area contributed by atoms with Crippen LogP contribution in [-0.4, -0.2) is 55.6 Å². The molecule has 0 aromatic heterocycles. The van der Waals surface area contributed by atoms with E-state index in [1.165, 1.54) is 10.7 Å². The number of hydrogen-bond donors (Lipinski definition) is 0. The van der Waals surface area contributed by atoms with Gasteiger partial charge in [0.25, 0.3) is 0 Å². The van der Waals surface area contributed by atoms with Crippen molar-refractivity contribution in [3.8, 4) is 0 Å². The van der Waals surface area contributed by atoms with Crippen molar-refractivity contribution in [3.05, 3.63) is 29.8 Å². The maximum absolute atomic E-state index is 12.9. The molecular formula is C20H29ClN2O3S. The van der Waals surface area contributed by atoms with E-state index in [1.807, 2.05) is 17.0 Å². The lowest BCUT2D eigenvalue weighted by atomic mass is 9.88. The summed E-state index contributed by atoms with van der Waals surface area (Å²) in [5.74, 6) is 0.960. The normalized spacial score (nSPS) is 20.0. The maximum Gasteiger partial charge on any atom is 0.243 e. The van der Waals surface area contributed by atoms with E-state index in [0.717, 1.165) is 44.1 Å². The number of amides is 1. The Morgan fingerprint density at radius 3 is 2.22 bits per heavy atom. The summed E-state index contributed by atoms with van der Waals surface area (Å²) < 4.78 is 27.3. The number of rotatable bonds is 6. The zero-order valence-corrected chi connectivity index (χ0v) is 17.3. The Morgan fingerprint density at radius 2 is 1.63 bits per heavy atom. The van der Waals surface area contributed by atoms with Crippen LogP contribution >= 0.6 is 11.6 Å². The number of hydrogen-bond acceptors (Lipinski definition) is 3. The molecule has 1 amide bonds. The zero-order chi connectivity index (χ0) is 19.3. The zero-order valence-electron chi connectivity index (χ0n) is 15.8. The molecule has 0 radical (unpaired) electrons. The molecule has 5 nitrogen and oxygen atoms in total. The Morgan fingerprint density at radius 1 is 1.00 bits per heavy atom. The fourth-order valence-electron chi connectivity index (χ4n) is 4.00. The molecule has 0 bridgehead atoms. The third kappa shape index (κ3) is 5.04. The Hall–Kier alpha value is -1.11. The van der Waals surface area contributed by atoms with Crippen molar-refractivity contribution in [3.63, 3.8) is 0 Å². The number of carbonyl (C=O) groups excluding carboxylic acids is 1. The quantitative estimate of drug-likeness (QED) is 0.674. The van der Waals surface area contributed by atoms with Gasteiger partial charge in [-0.1, -0.05) is 31.4 Å². The molecule has 2 fully saturated rings. The number of aryl methyl sites for hydroxylation is 1. The van der Waals surface area contributed by atoms with E-state index in [9.17, 15) is 13.2 Å². The van der Waals surface area contributed by atoms with Gasteiger partial charge < -0.3 is 4.90 Å². The summed E-state index contributed by atoms with van der Waals surface area (Å²) in [5.41, 5.74) is 1.09. The van der Waals surface area contributed by atoms with Crippen molar-refractivity contribution in [2.75, 3.05) is 32.1 Å². The first-order valence-electron chi connectivity index (χ1n) is 9.96. The number of carbonyl (C=O) groups is 1. The highest BCUT2D eigenvalue weighted by molar-refractivity contribution is 7.89. The predicted molar refractivity (Wildman–Crippen MR) is 107 cm³/mol. The van der Waals surface area contributed by atoms with Crippen LogP contribution in [0.2, 0.25) is 0 Å². The Balaban J connectivity index is 1.58. The lowest BCUT2D eigenvalue weighted by molar-refractivity contribution is -0.137. The number of piperazine rings is 1. The van der Waals surface area contributed by atoms with E-state index >= 15 is 0 Å². The van der Waals surface area contributed by atoms with Crippen molar-refractivity contribution in [1.82, 2.24) is 9.21 Å². The smallest absolute Gasteiger partial charge is 0.243 e. The minimum absolute atomic E-state index is 0.141. The molecule has 27 heavy (non-hydrogen) atoms. The molecule has 1 saturated heterocycles. The molecule has 7 heteroatoms. The number of nitrogens with zero attached hydrogens (tertiary/aromatic N) is 2. The summed E-state index contributed by atoms with van der Waals surface area (Å²) in [7, 11) is -3.50.